The van der Waals surface area contributed by atoms with E-state index in [9.17, 15) is 4.79 Å². The number of para-hydroxylation sites is 1. The van der Waals surface area contributed by atoms with Gasteiger partial charge >= 0.3 is 0 Å². The predicted molar refractivity (Wildman–Crippen MR) is 81.3 cm³/mol. The Balaban J connectivity index is 1.82. The fourth-order valence-electron chi connectivity index (χ4n) is 2.39. The van der Waals surface area contributed by atoms with Crippen LogP contribution in [-0.2, 0) is 16.1 Å². The van der Waals surface area contributed by atoms with Gasteiger partial charge in [0.05, 0.1) is 6.61 Å². The van der Waals surface area contributed by atoms with Crippen molar-refractivity contribution in [2.24, 2.45) is 0 Å². The highest BCUT2D eigenvalue weighted by Gasteiger charge is 2.18. The largest absolute Gasteiger partial charge is 0.483 e. The number of carbonyl (C=O) groups is 1. The molecular weight excluding hydrogens is 268 g/mol. The van der Waals surface area contributed by atoms with E-state index in [1.165, 1.54) is 0 Å². The standard InChI is InChI=1S/C16H24N2O3/c1-20-11-8-17-12-14-6-2-3-7-15(14)21-13-16(19)18-9-4-5-10-18/h2-3,6-7,17H,4-5,8-13H2,1H3. The van der Waals surface area contributed by atoms with Crippen molar-refractivity contribution in [2.45, 2.75) is 19.4 Å². The molecule has 0 saturated carbocycles. The van der Waals surface area contributed by atoms with Gasteiger partial charge in [0.1, 0.15) is 5.75 Å². The Morgan fingerprint density at radius 1 is 1.29 bits per heavy atom. The minimum Gasteiger partial charge on any atom is -0.483 e. The Labute approximate surface area is 126 Å². The Bertz CT molecular complexity index is 445. The third kappa shape index (κ3) is 5.02. The van der Waals surface area contributed by atoms with Gasteiger partial charge in [0.15, 0.2) is 6.61 Å². The second kappa shape index (κ2) is 8.64. The van der Waals surface area contributed by atoms with Gasteiger partial charge in [-0.15, -0.1) is 0 Å². The van der Waals surface area contributed by atoms with E-state index in [0.29, 0.717) is 13.2 Å². The summed E-state index contributed by atoms with van der Waals surface area (Å²) in [6, 6.07) is 7.82. The fraction of sp³-hybridized carbons (Fsp3) is 0.562. The fourth-order valence-corrected chi connectivity index (χ4v) is 2.39. The summed E-state index contributed by atoms with van der Waals surface area (Å²) in [5.74, 6) is 0.851. The van der Waals surface area contributed by atoms with E-state index in [-0.39, 0.29) is 12.5 Å². The van der Waals surface area contributed by atoms with Crippen LogP contribution in [0.2, 0.25) is 0 Å². The van der Waals surface area contributed by atoms with Crippen LogP contribution in [0.1, 0.15) is 18.4 Å². The summed E-state index contributed by atoms with van der Waals surface area (Å²) in [6.07, 6.45) is 2.21. The van der Waals surface area contributed by atoms with Gasteiger partial charge in [-0.3, -0.25) is 4.79 Å². The molecule has 0 atom stereocenters. The van der Waals surface area contributed by atoms with Crippen LogP contribution in [0.4, 0.5) is 0 Å². The molecule has 5 heteroatoms. The lowest BCUT2D eigenvalue weighted by Crippen LogP contribution is -2.32. The number of likely N-dealkylation sites (tertiary alicyclic amines) is 1. The summed E-state index contributed by atoms with van der Waals surface area (Å²) in [5, 5.41) is 3.29. The molecule has 1 aliphatic heterocycles. The lowest BCUT2D eigenvalue weighted by molar-refractivity contribution is -0.132. The maximum absolute atomic E-state index is 12.0. The van der Waals surface area contributed by atoms with Gasteiger partial charge in [0.25, 0.3) is 5.91 Å². The van der Waals surface area contributed by atoms with E-state index in [2.05, 4.69) is 5.32 Å². The van der Waals surface area contributed by atoms with E-state index < -0.39 is 0 Å². The van der Waals surface area contributed by atoms with Crippen molar-refractivity contribution in [2.75, 3.05) is 40.0 Å². The number of hydrogen-bond donors (Lipinski definition) is 1. The highest BCUT2D eigenvalue weighted by atomic mass is 16.5. The van der Waals surface area contributed by atoms with E-state index in [0.717, 1.165) is 43.8 Å². The first-order valence-electron chi connectivity index (χ1n) is 7.49. The molecule has 1 fully saturated rings. The lowest BCUT2D eigenvalue weighted by atomic mass is 10.2. The monoisotopic (exact) mass is 292 g/mol. The number of nitrogens with one attached hydrogen (secondary N) is 1. The second-order valence-electron chi connectivity index (χ2n) is 5.15. The highest BCUT2D eigenvalue weighted by Crippen LogP contribution is 2.18. The van der Waals surface area contributed by atoms with Crippen LogP contribution >= 0.6 is 0 Å². The molecule has 1 N–H and O–H groups in total. The van der Waals surface area contributed by atoms with Crippen LogP contribution in [0.5, 0.6) is 5.75 Å². The molecule has 21 heavy (non-hydrogen) atoms. The first-order valence-corrected chi connectivity index (χ1v) is 7.49. The number of amides is 1. The zero-order valence-electron chi connectivity index (χ0n) is 12.6. The normalized spacial score (nSPS) is 14.4. The molecule has 0 radical (unpaired) electrons. The summed E-state index contributed by atoms with van der Waals surface area (Å²) in [7, 11) is 1.68. The van der Waals surface area contributed by atoms with Gasteiger partial charge in [0, 0.05) is 38.9 Å². The summed E-state index contributed by atoms with van der Waals surface area (Å²) in [5.41, 5.74) is 1.06. The maximum Gasteiger partial charge on any atom is 0.260 e. The molecule has 2 rings (SSSR count). The van der Waals surface area contributed by atoms with E-state index in [1.54, 1.807) is 7.11 Å². The van der Waals surface area contributed by atoms with Crippen LogP contribution in [0, 0.1) is 0 Å². The molecule has 1 amide bonds. The highest BCUT2D eigenvalue weighted by molar-refractivity contribution is 5.78. The van der Waals surface area contributed by atoms with Gasteiger partial charge in [-0.05, 0) is 18.9 Å². The molecular formula is C16H24N2O3. The van der Waals surface area contributed by atoms with Crippen molar-refractivity contribution >= 4 is 5.91 Å². The number of benzene rings is 1. The van der Waals surface area contributed by atoms with Gasteiger partial charge in [0.2, 0.25) is 0 Å². The topological polar surface area (TPSA) is 50.8 Å². The van der Waals surface area contributed by atoms with Crippen molar-refractivity contribution in [3.05, 3.63) is 29.8 Å². The summed E-state index contributed by atoms with van der Waals surface area (Å²) < 4.78 is 10.7. The van der Waals surface area contributed by atoms with Crippen molar-refractivity contribution in [1.29, 1.82) is 0 Å². The second-order valence-corrected chi connectivity index (χ2v) is 5.15. The van der Waals surface area contributed by atoms with Crippen molar-refractivity contribution in [3.8, 4) is 5.75 Å². The van der Waals surface area contributed by atoms with Crippen LogP contribution in [-0.4, -0.2) is 50.8 Å². The Morgan fingerprint density at radius 2 is 2.05 bits per heavy atom. The molecule has 0 bridgehead atoms. The van der Waals surface area contributed by atoms with Crippen molar-refractivity contribution in [3.63, 3.8) is 0 Å². The summed E-state index contributed by atoms with van der Waals surface area (Å²) in [6.45, 7) is 4.02. The lowest BCUT2D eigenvalue weighted by Gasteiger charge is -2.17. The molecule has 1 aliphatic rings. The molecule has 1 aromatic carbocycles. The number of carbonyl (C=O) groups excluding carboxylic acids is 1. The predicted octanol–water partition coefficient (Wildman–Crippen LogP) is 1.42. The van der Waals surface area contributed by atoms with E-state index in [1.807, 2.05) is 29.2 Å². The molecule has 0 unspecified atom stereocenters. The van der Waals surface area contributed by atoms with Gasteiger partial charge in [-0.1, -0.05) is 18.2 Å². The number of ether oxygens (including phenoxy) is 2. The smallest absolute Gasteiger partial charge is 0.260 e. The number of rotatable bonds is 8. The summed E-state index contributed by atoms with van der Waals surface area (Å²) in [4.78, 5) is 13.9. The Kier molecular flexibility index (Phi) is 6.50. The van der Waals surface area contributed by atoms with Gasteiger partial charge in [-0.2, -0.15) is 0 Å². The van der Waals surface area contributed by atoms with E-state index >= 15 is 0 Å². The SMILES string of the molecule is COCCNCc1ccccc1OCC(=O)N1CCCC1. The number of methoxy groups -OCH3 is 1. The minimum atomic E-state index is 0.0784. The molecule has 0 spiro atoms. The van der Waals surface area contributed by atoms with Crippen LogP contribution < -0.4 is 10.1 Å². The molecule has 0 aromatic heterocycles. The zero-order chi connectivity index (χ0) is 14.9. The van der Waals surface area contributed by atoms with Gasteiger partial charge < -0.3 is 19.7 Å². The van der Waals surface area contributed by atoms with Crippen LogP contribution in [0.15, 0.2) is 24.3 Å². The average molecular weight is 292 g/mol. The third-order valence-electron chi connectivity index (χ3n) is 3.58. The van der Waals surface area contributed by atoms with E-state index in [4.69, 9.17) is 9.47 Å². The average Bonchev–Trinajstić information content (AvgIpc) is 3.04. The van der Waals surface area contributed by atoms with Crippen LogP contribution in [0.3, 0.4) is 0 Å². The molecule has 116 valence electrons. The first kappa shape index (κ1) is 15.8. The Hall–Kier alpha value is -1.59. The molecule has 0 aliphatic carbocycles. The number of hydrogen-bond acceptors (Lipinski definition) is 4. The maximum atomic E-state index is 12.0. The van der Waals surface area contributed by atoms with Crippen LogP contribution in [0.25, 0.3) is 0 Å². The van der Waals surface area contributed by atoms with Crippen molar-refractivity contribution < 1.29 is 14.3 Å². The molecule has 5 nitrogen and oxygen atoms in total. The third-order valence-corrected chi connectivity index (χ3v) is 3.58. The molecule has 1 saturated heterocycles. The van der Waals surface area contributed by atoms with Crippen molar-refractivity contribution in [1.82, 2.24) is 10.2 Å². The zero-order valence-corrected chi connectivity index (χ0v) is 12.6. The first-order chi connectivity index (χ1) is 10.3. The molecule has 1 aromatic rings. The quantitative estimate of drug-likeness (QED) is 0.736. The number of nitrogens with zero attached hydrogens (tertiary/aromatic N) is 1. The van der Waals surface area contributed by atoms with Gasteiger partial charge in [-0.25, -0.2) is 0 Å². The summed E-state index contributed by atoms with van der Waals surface area (Å²) >= 11 is 0. The Morgan fingerprint density at radius 3 is 2.81 bits per heavy atom. The molecule has 1 heterocycles. The minimum absolute atomic E-state index is 0.0784.